The highest BCUT2D eigenvalue weighted by molar-refractivity contribution is 14.1. The van der Waals surface area contributed by atoms with Gasteiger partial charge >= 0.3 is 5.97 Å². The van der Waals surface area contributed by atoms with Crippen LogP contribution in [0.25, 0.3) is 6.08 Å². The number of allylic oxidation sites excluding steroid dienone is 1. The lowest BCUT2D eigenvalue weighted by Gasteiger charge is -2.25. The number of hydrogen-bond donors (Lipinski definition) is 0. The van der Waals surface area contributed by atoms with E-state index in [0.29, 0.717) is 54.7 Å². The summed E-state index contributed by atoms with van der Waals surface area (Å²) in [7, 11) is 4.61. The van der Waals surface area contributed by atoms with Crippen LogP contribution in [-0.4, -0.2) is 38.5 Å². The van der Waals surface area contributed by atoms with Gasteiger partial charge in [0.05, 0.1) is 65.0 Å². The minimum Gasteiger partial charge on any atom is -0.493 e. The van der Waals surface area contributed by atoms with Crippen molar-refractivity contribution in [1.82, 2.24) is 4.57 Å². The number of hydrogen-bond acceptors (Lipinski definition) is 10. The fourth-order valence-electron chi connectivity index (χ4n) is 5.15. The van der Waals surface area contributed by atoms with Crippen LogP contribution in [0.3, 0.4) is 0 Å². The topological polar surface area (TPSA) is 121 Å². The van der Waals surface area contributed by atoms with Crippen molar-refractivity contribution in [3.8, 4) is 29.1 Å². The van der Waals surface area contributed by atoms with E-state index in [1.165, 1.54) is 30.1 Å². The first kappa shape index (κ1) is 32.8. The zero-order valence-corrected chi connectivity index (χ0v) is 28.7. The summed E-state index contributed by atoms with van der Waals surface area (Å²) in [6, 6.07) is 17.6. The Morgan fingerprint density at radius 2 is 1.80 bits per heavy atom. The van der Waals surface area contributed by atoms with Crippen LogP contribution < -0.4 is 33.8 Å². The minimum atomic E-state index is -0.806. The van der Waals surface area contributed by atoms with Gasteiger partial charge in [0.1, 0.15) is 6.61 Å². The molecule has 5 rings (SSSR count). The highest BCUT2D eigenvalue weighted by atomic mass is 127. The van der Waals surface area contributed by atoms with E-state index in [2.05, 4.69) is 33.7 Å². The van der Waals surface area contributed by atoms with Crippen LogP contribution >= 0.6 is 33.9 Å². The van der Waals surface area contributed by atoms with E-state index in [9.17, 15) is 14.9 Å². The molecule has 10 nitrogen and oxygen atoms in total. The number of rotatable bonds is 10. The molecule has 0 spiro atoms. The van der Waals surface area contributed by atoms with Crippen LogP contribution in [0.4, 0.5) is 0 Å². The number of benzene rings is 3. The molecule has 4 aromatic rings. The summed E-state index contributed by atoms with van der Waals surface area (Å²) in [5.41, 5.74) is 3.05. The third kappa shape index (κ3) is 6.38. The van der Waals surface area contributed by atoms with Crippen LogP contribution in [0.2, 0.25) is 0 Å². The van der Waals surface area contributed by atoms with Crippen molar-refractivity contribution in [3.05, 3.63) is 111 Å². The van der Waals surface area contributed by atoms with Crippen molar-refractivity contribution in [2.24, 2.45) is 4.99 Å². The first-order valence-electron chi connectivity index (χ1n) is 14.1. The number of nitrogens with zero attached hydrogens (tertiary/aromatic N) is 3. The second-order valence-corrected chi connectivity index (χ2v) is 12.2. The Labute approximate surface area is 282 Å². The van der Waals surface area contributed by atoms with Crippen molar-refractivity contribution in [2.75, 3.05) is 27.9 Å². The molecular formula is C34H30IN3O7S. The Hall–Kier alpha value is -4.61. The molecule has 0 fully saturated rings. The van der Waals surface area contributed by atoms with Crippen LogP contribution in [0, 0.1) is 14.9 Å². The Morgan fingerprint density at radius 3 is 2.50 bits per heavy atom. The Morgan fingerprint density at radius 1 is 1.07 bits per heavy atom. The Balaban J connectivity index is 1.60. The molecule has 2 heterocycles. The number of aromatic nitrogens is 1. The second kappa shape index (κ2) is 14.2. The molecule has 1 atom stereocenters. The van der Waals surface area contributed by atoms with Gasteiger partial charge in [-0.2, -0.15) is 5.26 Å². The lowest BCUT2D eigenvalue weighted by Crippen LogP contribution is -2.40. The molecule has 0 saturated carbocycles. The smallest absolute Gasteiger partial charge is 0.338 e. The highest BCUT2D eigenvalue weighted by Gasteiger charge is 2.34. The number of carbonyl (C=O) groups excluding carboxylic acids is 1. The number of halogens is 1. The van der Waals surface area contributed by atoms with Gasteiger partial charge in [-0.15, -0.1) is 0 Å². The van der Waals surface area contributed by atoms with Crippen LogP contribution in [0.5, 0.6) is 23.0 Å². The Bertz CT molecular complexity index is 2080. The summed E-state index contributed by atoms with van der Waals surface area (Å²) in [4.78, 5) is 32.5. The van der Waals surface area contributed by atoms with E-state index < -0.39 is 12.0 Å². The summed E-state index contributed by atoms with van der Waals surface area (Å²) in [6.07, 6.45) is 1.76. The van der Waals surface area contributed by atoms with Crippen molar-refractivity contribution in [1.29, 1.82) is 5.26 Å². The molecule has 1 aromatic heterocycles. The minimum absolute atomic E-state index is 0.170. The van der Waals surface area contributed by atoms with Gasteiger partial charge in [-0.25, -0.2) is 9.79 Å². The molecule has 0 saturated heterocycles. The number of esters is 1. The molecule has 46 heavy (non-hydrogen) atoms. The Kier molecular flexibility index (Phi) is 10.1. The zero-order chi connectivity index (χ0) is 33.0. The standard InChI is InChI=1S/C34H30IN3O7S/c1-6-44-33(40)29-19(2)37-34-38(30(29)21-11-12-25(41-3)26(16-21)42-4)32(39)28(46-34)15-20-13-24(35)31(27(14-20)43-5)45-18-23-10-8-7-9-22(23)17-36/h7-16,30H,6,18H2,1-5H3/b28-15+/t30-/m0/s1. The maximum absolute atomic E-state index is 14.1. The van der Waals surface area contributed by atoms with E-state index in [4.69, 9.17) is 23.7 Å². The molecule has 0 N–H and O–H groups in total. The van der Waals surface area contributed by atoms with E-state index >= 15 is 0 Å². The van der Waals surface area contributed by atoms with Gasteiger partial charge in [-0.3, -0.25) is 9.36 Å². The largest absolute Gasteiger partial charge is 0.493 e. The third-order valence-electron chi connectivity index (χ3n) is 7.30. The van der Waals surface area contributed by atoms with E-state index in [-0.39, 0.29) is 24.3 Å². The summed E-state index contributed by atoms with van der Waals surface area (Å²) < 4.78 is 30.8. The van der Waals surface area contributed by atoms with Crippen molar-refractivity contribution in [2.45, 2.75) is 26.5 Å². The maximum Gasteiger partial charge on any atom is 0.338 e. The molecule has 0 unspecified atom stereocenters. The van der Waals surface area contributed by atoms with Gasteiger partial charge in [0.2, 0.25) is 0 Å². The fraction of sp³-hybridized carbons (Fsp3) is 0.235. The molecule has 0 radical (unpaired) electrons. The number of ether oxygens (including phenoxy) is 5. The molecule has 1 aliphatic heterocycles. The second-order valence-electron chi connectivity index (χ2n) is 10.0. The average molecular weight is 752 g/mol. The van der Waals surface area contributed by atoms with E-state index in [1.807, 2.05) is 18.2 Å². The van der Waals surface area contributed by atoms with Crippen molar-refractivity contribution in [3.63, 3.8) is 0 Å². The van der Waals surface area contributed by atoms with Crippen LogP contribution in [0.1, 0.15) is 42.1 Å². The molecule has 1 aliphatic rings. The number of carbonyl (C=O) groups is 1. The molecule has 0 amide bonds. The summed E-state index contributed by atoms with van der Waals surface area (Å²) in [5.74, 6) is 1.43. The van der Waals surface area contributed by atoms with Gasteiger partial charge in [-0.1, -0.05) is 35.6 Å². The van der Waals surface area contributed by atoms with Gasteiger partial charge in [0.15, 0.2) is 27.8 Å². The van der Waals surface area contributed by atoms with Crippen LogP contribution in [-0.2, 0) is 16.1 Å². The number of nitriles is 1. The summed E-state index contributed by atoms with van der Waals surface area (Å²) in [5, 5.41) is 9.43. The SMILES string of the molecule is CCOC(=O)C1=C(C)N=c2s/c(=C/c3cc(I)c(OCc4ccccc4C#N)c(OC)c3)c(=O)n2[C@H]1c1ccc(OC)c(OC)c1. The monoisotopic (exact) mass is 751 g/mol. The predicted molar refractivity (Wildman–Crippen MR) is 181 cm³/mol. The first-order chi connectivity index (χ1) is 22.2. The average Bonchev–Trinajstić information content (AvgIpc) is 3.36. The molecule has 0 bridgehead atoms. The van der Waals surface area contributed by atoms with Gasteiger partial charge in [0.25, 0.3) is 5.56 Å². The van der Waals surface area contributed by atoms with Crippen LogP contribution in [0.15, 0.2) is 75.7 Å². The highest BCUT2D eigenvalue weighted by Crippen LogP contribution is 2.37. The quantitative estimate of drug-likeness (QED) is 0.166. The number of methoxy groups -OCH3 is 3. The third-order valence-corrected chi connectivity index (χ3v) is 9.08. The molecule has 3 aromatic carbocycles. The number of thiazole rings is 1. The molecule has 12 heteroatoms. The van der Waals surface area contributed by atoms with E-state index in [1.54, 1.807) is 63.4 Å². The van der Waals surface area contributed by atoms with Crippen molar-refractivity contribution < 1.29 is 28.5 Å². The molecule has 236 valence electrons. The predicted octanol–water partition coefficient (Wildman–Crippen LogP) is 4.88. The number of fused-ring (bicyclic) bond motifs is 1. The fourth-order valence-corrected chi connectivity index (χ4v) is 6.98. The molecule has 0 aliphatic carbocycles. The lowest BCUT2D eigenvalue weighted by atomic mass is 9.95. The lowest BCUT2D eigenvalue weighted by molar-refractivity contribution is -0.139. The van der Waals surface area contributed by atoms with Gasteiger partial charge in [-0.05, 0) is 84.0 Å². The van der Waals surface area contributed by atoms with Gasteiger partial charge < -0.3 is 23.7 Å². The molecular weight excluding hydrogens is 721 g/mol. The zero-order valence-electron chi connectivity index (χ0n) is 25.8. The first-order valence-corrected chi connectivity index (χ1v) is 16.0. The normalized spacial score (nSPS) is 14.2. The summed E-state index contributed by atoms with van der Waals surface area (Å²) >= 11 is 3.38. The maximum atomic E-state index is 14.1. The van der Waals surface area contributed by atoms with Gasteiger partial charge in [0, 0.05) is 5.56 Å². The van der Waals surface area contributed by atoms with Crippen molar-refractivity contribution >= 4 is 46.0 Å². The summed E-state index contributed by atoms with van der Waals surface area (Å²) in [6.45, 7) is 3.82. The van der Waals surface area contributed by atoms with E-state index in [0.717, 1.165) is 9.13 Å².